The molecular weight excluding hydrogens is 178 g/mol. The Labute approximate surface area is 83.9 Å². The number of β-amino-alcohol motifs (C(OH)–C–C–N with tert-alkyl or cyclic N) is 1. The molecule has 0 amide bonds. The van der Waals surface area contributed by atoms with Crippen LogP contribution in [-0.2, 0) is 13.5 Å². The molecule has 4 heteroatoms. The van der Waals surface area contributed by atoms with E-state index in [-0.39, 0.29) is 0 Å². The van der Waals surface area contributed by atoms with Gasteiger partial charge in [-0.2, -0.15) is 5.10 Å². The predicted octanol–water partition coefficient (Wildman–Crippen LogP) is 0.0771. The Morgan fingerprint density at radius 2 is 2.57 bits per heavy atom. The van der Waals surface area contributed by atoms with Crippen molar-refractivity contribution in [1.29, 1.82) is 0 Å². The maximum atomic E-state index is 10.1. The first-order chi connectivity index (χ1) is 6.70. The van der Waals surface area contributed by atoms with Crippen molar-refractivity contribution in [3.05, 3.63) is 18.0 Å². The maximum absolute atomic E-state index is 10.1. The van der Waals surface area contributed by atoms with Crippen LogP contribution >= 0.6 is 0 Å². The fourth-order valence-corrected chi connectivity index (χ4v) is 1.95. The molecule has 2 rings (SSSR count). The van der Waals surface area contributed by atoms with Gasteiger partial charge in [-0.1, -0.05) is 0 Å². The lowest BCUT2D eigenvalue weighted by atomic mass is 9.96. The molecule has 0 aliphatic carbocycles. The highest BCUT2D eigenvalue weighted by molar-refractivity contribution is 5.02. The third kappa shape index (κ3) is 1.96. The largest absolute Gasteiger partial charge is 0.389 e. The van der Waals surface area contributed by atoms with E-state index < -0.39 is 5.60 Å². The van der Waals surface area contributed by atoms with Crippen molar-refractivity contribution in [2.24, 2.45) is 7.05 Å². The molecule has 0 radical (unpaired) electrons. The molecule has 1 unspecified atom stereocenters. The van der Waals surface area contributed by atoms with Crippen LogP contribution in [0.3, 0.4) is 0 Å². The van der Waals surface area contributed by atoms with E-state index in [1.807, 2.05) is 17.8 Å². The number of rotatable bonds is 3. The minimum absolute atomic E-state index is 0.496. The molecule has 78 valence electrons. The first kappa shape index (κ1) is 9.68. The number of nitrogens with zero attached hydrogens (tertiary/aromatic N) is 2. The summed E-state index contributed by atoms with van der Waals surface area (Å²) in [6.07, 6.45) is 4.38. The fourth-order valence-electron chi connectivity index (χ4n) is 1.95. The third-order valence-electron chi connectivity index (χ3n) is 2.99. The minimum atomic E-state index is -0.496. The molecule has 0 spiro atoms. The van der Waals surface area contributed by atoms with E-state index in [0.29, 0.717) is 0 Å². The van der Waals surface area contributed by atoms with Crippen LogP contribution in [0.1, 0.15) is 18.5 Å². The van der Waals surface area contributed by atoms with Gasteiger partial charge in [0.1, 0.15) is 0 Å². The van der Waals surface area contributed by atoms with Crippen LogP contribution in [0.15, 0.2) is 12.3 Å². The predicted molar refractivity (Wildman–Crippen MR) is 54.0 cm³/mol. The maximum Gasteiger partial charge on any atom is 0.0787 e. The molecule has 1 aliphatic rings. The Kier molecular flexibility index (Phi) is 2.56. The minimum Gasteiger partial charge on any atom is -0.389 e. The zero-order chi connectivity index (χ0) is 10.0. The monoisotopic (exact) mass is 195 g/mol. The van der Waals surface area contributed by atoms with Crippen LogP contribution in [0.25, 0.3) is 0 Å². The van der Waals surface area contributed by atoms with Crippen molar-refractivity contribution in [2.45, 2.75) is 24.9 Å². The van der Waals surface area contributed by atoms with Crippen molar-refractivity contribution in [3.8, 4) is 0 Å². The zero-order valence-corrected chi connectivity index (χ0v) is 8.53. The molecule has 1 saturated heterocycles. The Balaban J connectivity index is 1.91. The summed E-state index contributed by atoms with van der Waals surface area (Å²) in [7, 11) is 1.94. The van der Waals surface area contributed by atoms with E-state index in [1.54, 1.807) is 6.20 Å². The van der Waals surface area contributed by atoms with E-state index in [4.69, 9.17) is 0 Å². The lowest BCUT2D eigenvalue weighted by molar-refractivity contribution is 0.0522. The number of hydrogen-bond donors (Lipinski definition) is 2. The molecule has 1 aromatic heterocycles. The van der Waals surface area contributed by atoms with Crippen LogP contribution in [0.5, 0.6) is 0 Å². The van der Waals surface area contributed by atoms with Crippen LogP contribution in [-0.4, -0.2) is 33.6 Å². The van der Waals surface area contributed by atoms with E-state index in [1.165, 1.54) is 5.69 Å². The quantitative estimate of drug-likeness (QED) is 0.718. The van der Waals surface area contributed by atoms with Crippen LogP contribution in [0, 0.1) is 0 Å². The summed E-state index contributed by atoms with van der Waals surface area (Å²) in [6, 6.07) is 2.01. The van der Waals surface area contributed by atoms with Crippen LogP contribution < -0.4 is 5.32 Å². The number of hydrogen-bond acceptors (Lipinski definition) is 3. The molecule has 0 bridgehead atoms. The number of aryl methyl sites for hydroxylation is 2. The number of nitrogens with one attached hydrogen (secondary N) is 1. The summed E-state index contributed by atoms with van der Waals surface area (Å²) >= 11 is 0. The van der Waals surface area contributed by atoms with E-state index in [0.717, 1.165) is 32.4 Å². The van der Waals surface area contributed by atoms with Gasteiger partial charge in [-0.25, -0.2) is 0 Å². The standard InChI is InChI=1S/C10H17N3O/c1-13-9(3-6-12-13)2-4-10(14)5-7-11-8-10/h3,6,11,14H,2,4-5,7-8H2,1H3. The smallest absolute Gasteiger partial charge is 0.0787 e. The lowest BCUT2D eigenvalue weighted by Gasteiger charge is -2.20. The molecule has 0 saturated carbocycles. The van der Waals surface area contributed by atoms with Gasteiger partial charge in [0.15, 0.2) is 0 Å². The summed E-state index contributed by atoms with van der Waals surface area (Å²) in [5, 5.41) is 17.4. The third-order valence-corrected chi connectivity index (χ3v) is 2.99. The number of aromatic nitrogens is 2. The van der Waals surface area contributed by atoms with Crippen molar-refractivity contribution in [2.75, 3.05) is 13.1 Å². The molecule has 2 N–H and O–H groups in total. The number of aliphatic hydroxyl groups is 1. The van der Waals surface area contributed by atoms with Crippen molar-refractivity contribution in [3.63, 3.8) is 0 Å². The molecule has 14 heavy (non-hydrogen) atoms. The summed E-state index contributed by atoms with van der Waals surface area (Å²) in [5.74, 6) is 0. The van der Waals surface area contributed by atoms with Gasteiger partial charge in [0.05, 0.1) is 5.60 Å². The van der Waals surface area contributed by atoms with Gasteiger partial charge in [-0.3, -0.25) is 4.68 Å². The molecular formula is C10H17N3O. The highest BCUT2D eigenvalue weighted by Gasteiger charge is 2.30. The Morgan fingerprint density at radius 1 is 1.71 bits per heavy atom. The zero-order valence-electron chi connectivity index (χ0n) is 8.53. The summed E-state index contributed by atoms with van der Waals surface area (Å²) < 4.78 is 1.87. The molecule has 1 atom stereocenters. The molecule has 1 aromatic rings. The van der Waals surface area contributed by atoms with Gasteiger partial charge in [-0.15, -0.1) is 0 Å². The molecule has 1 aliphatic heterocycles. The van der Waals surface area contributed by atoms with E-state index in [9.17, 15) is 5.11 Å². The van der Waals surface area contributed by atoms with Gasteiger partial charge >= 0.3 is 0 Å². The summed E-state index contributed by atoms with van der Waals surface area (Å²) in [6.45, 7) is 1.66. The highest BCUT2D eigenvalue weighted by atomic mass is 16.3. The second kappa shape index (κ2) is 3.71. The van der Waals surface area contributed by atoms with Gasteiger partial charge in [0, 0.05) is 25.5 Å². The van der Waals surface area contributed by atoms with Gasteiger partial charge < -0.3 is 10.4 Å². The first-order valence-corrected chi connectivity index (χ1v) is 5.10. The summed E-state index contributed by atoms with van der Waals surface area (Å²) in [4.78, 5) is 0. The molecule has 0 aromatic carbocycles. The highest BCUT2D eigenvalue weighted by Crippen LogP contribution is 2.20. The topological polar surface area (TPSA) is 50.1 Å². The molecule has 4 nitrogen and oxygen atoms in total. The SMILES string of the molecule is Cn1nccc1CCC1(O)CCNC1. The molecule has 2 heterocycles. The second-order valence-corrected chi connectivity index (χ2v) is 4.10. The van der Waals surface area contributed by atoms with Gasteiger partial charge in [0.2, 0.25) is 0 Å². The Bertz CT molecular complexity index is 302. The molecule has 1 fully saturated rings. The van der Waals surface area contributed by atoms with Crippen molar-refractivity contribution < 1.29 is 5.11 Å². The van der Waals surface area contributed by atoms with Crippen LogP contribution in [0.4, 0.5) is 0 Å². The van der Waals surface area contributed by atoms with Crippen molar-refractivity contribution >= 4 is 0 Å². The van der Waals surface area contributed by atoms with Crippen LogP contribution in [0.2, 0.25) is 0 Å². The second-order valence-electron chi connectivity index (χ2n) is 4.10. The summed E-state index contributed by atoms with van der Waals surface area (Å²) in [5.41, 5.74) is 0.690. The van der Waals surface area contributed by atoms with E-state index >= 15 is 0 Å². The van der Waals surface area contributed by atoms with Gasteiger partial charge in [-0.05, 0) is 31.9 Å². The fraction of sp³-hybridized carbons (Fsp3) is 0.700. The van der Waals surface area contributed by atoms with Crippen molar-refractivity contribution in [1.82, 2.24) is 15.1 Å². The average Bonchev–Trinajstić information content (AvgIpc) is 2.73. The first-order valence-electron chi connectivity index (χ1n) is 5.10. The Hall–Kier alpha value is -0.870. The van der Waals surface area contributed by atoms with Gasteiger partial charge in [0.25, 0.3) is 0 Å². The normalized spacial score (nSPS) is 27.0. The van der Waals surface area contributed by atoms with E-state index in [2.05, 4.69) is 10.4 Å². The Morgan fingerprint density at radius 3 is 3.14 bits per heavy atom. The lowest BCUT2D eigenvalue weighted by Crippen LogP contribution is -2.31. The average molecular weight is 195 g/mol.